The largest absolute Gasteiger partial charge is 0.506 e. The first-order valence-electron chi connectivity index (χ1n) is 6.40. The standard InChI is InChI=1S/C15H8ClN3O2S/c16-7-3-4-8-10(6-7)18-13(19-14(8)21)12-11(20)9-2-1-5-17-15(9)22-12/h1-6,20H,(H,18,19,21). The maximum atomic E-state index is 12.2. The summed E-state index contributed by atoms with van der Waals surface area (Å²) in [5.74, 6) is 0.373. The molecule has 3 heterocycles. The number of aromatic hydroxyl groups is 1. The molecule has 1 aromatic carbocycles. The Morgan fingerprint density at radius 1 is 1.23 bits per heavy atom. The number of halogens is 1. The highest BCUT2D eigenvalue weighted by molar-refractivity contribution is 7.22. The Bertz CT molecular complexity index is 1090. The van der Waals surface area contributed by atoms with Gasteiger partial charge in [0.05, 0.1) is 16.3 Å². The number of benzene rings is 1. The van der Waals surface area contributed by atoms with Crippen molar-refractivity contribution in [2.75, 3.05) is 0 Å². The van der Waals surface area contributed by atoms with E-state index in [2.05, 4.69) is 15.0 Å². The molecule has 0 saturated heterocycles. The SMILES string of the molecule is O=c1[nH]c(-c2sc3ncccc3c2O)nc2cc(Cl)ccc12. The highest BCUT2D eigenvalue weighted by atomic mass is 35.5. The number of hydrogen-bond acceptors (Lipinski definition) is 5. The lowest BCUT2D eigenvalue weighted by atomic mass is 10.2. The van der Waals surface area contributed by atoms with Crippen LogP contribution in [-0.2, 0) is 0 Å². The van der Waals surface area contributed by atoms with E-state index < -0.39 is 0 Å². The molecule has 22 heavy (non-hydrogen) atoms. The van der Waals surface area contributed by atoms with E-state index in [-0.39, 0.29) is 11.3 Å². The van der Waals surface area contributed by atoms with Gasteiger partial charge < -0.3 is 10.1 Å². The van der Waals surface area contributed by atoms with Crippen molar-refractivity contribution in [1.82, 2.24) is 15.0 Å². The predicted octanol–water partition coefficient (Wildman–Crippen LogP) is 3.56. The van der Waals surface area contributed by atoms with E-state index >= 15 is 0 Å². The summed E-state index contributed by atoms with van der Waals surface area (Å²) in [4.78, 5) is 24.7. The van der Waals surface area contributed by atoms with Crippen LogP contribution in [0.1, 0.15) is 0 Å². The van der Waals surface area contributed by atoms with Crippen molar-refractivity contribution in [3.63, 3.8) is 0 Å². The van der Waals surface area contributed by atoms with Crippen LogP contribution < -0.4 is 5.56 Å². The van der Waals surface area contributed by atoms with Gasteiger partial charge >= 0.3 is 0 Å². The van der Waals surface area contributed by atoms with Crippen molar-refractivity contribution in [3.8, 4) is 16.5 Å². The molecule has 0 saturated carbocycles. The average Bonchev–Trinajstić information content (AvgIpc) is 2.84. The van der Waals surface area contributed by atoms with E-state index in [4.69, 9.17) is 11.6 Å². The van der Waals surface area contributed by atoms with Crippen LogP contribution in [0.25, 0.3) is 31.8 Å². The Kier molecular flexibility index (Phi) is 2.88. The lowest BCUT2D eigenvalue weighted by Gasteiger charge is -2.02. The van der Waals surface area contributed by atoms with E-state index in [0.29, 0.717) is 36.8 Å². The zero-order valence-corrected chi connectivity index (χ0v) is 12.6. The number of thiophene rings is 1. The van der Waals surface area contributed by atoms with Gasteiger partial charge in [-0.05, 0) is 30.3 Å². The fourth-order valence-electron chi connectivity index (χ4n) is 2.30. The summed E-state index contributed by atoms with van der Waals surface area (Å²) >= 11 is 7.23. The minimum atomic E-state index is -0.276. The molecule has 108 valence electrons. The normalized spacial score (nSPS) is 11.3. The first kappa shape index (κ1) is 13.2. The lowest BCUT2D eigenvalue weighted by Crippen LogP contribution is -2.09. The van der Waals surface area contributed by atoms with Gasteiger partial charge in [-0.2, -0.15) is 0 Å². The molecule has 0 fully saturated rings. The third kappa shape index (κ3) is 1.96. The maximum Gasteiger partial charge on any atom is 0.259 e. The van der Waals surface area contributed by atoms with Gasteiger partial charge in [0.1, 0.15) is 15.5 Å². The molecule has 0 amide bonds. The zero-order chi connectivity index (χ0) is 15.3. The molecule has 0 aliphatic heterocycles. The molecule has 0 aliphatic rings. The summed E-state index contributed by atoms with van der Waals surface area (Å²) in [7, 11) is 0. The van der Waals surface area contributed by atoms with Gasteiger partial charge in [-0.3, -0.25) is 4.79 Å². The molecule has 0 bridgehead atoms. The number of nitrogens with one attached hydrogen (secondary N) is 1. The minimum absolute atomic E-state index is 0.0672. The zero-order valence-electron chi connectivity index (χ0n) is 11.0. The van der Waals surface area contributed by atoms with Crippen LogP contribution in [-0.4, -0.2) is 20.1 Å². The predicted molar refractivity (Wildman–Crippen MR) is 87.7 cm³/mol. The number of aromatic nitrogens is 3. The molecule has 0 spiro atoms. The average molecular weight is 330 g/mol. The molecule has 5 nitrogen and oxygen atoms in total. The third-order valence-electron chi connectivity index (χ3n) is 3.32. The van der Waals surface area contributed by atoms with Crippen LogP contribution in [0.3, 0.4) is 0 Å². The molecule has 4 aromatic rings. The molecule has 3 aromatic heterocycles. The molecule has 4 rings (SSSR count). The first-order chi connectivity index (χ1) is 10.6. The summed E-state index contributed by atoms with van der Waals surface area (Å²) in [6, 6.07) is 8.40. The van der Waals surface area contributed by atoms with Crippen molar-refractivity contribution in [1.29, 1.82) is 0 Å². The number of nitrogens with zero attached hydrogens (tertiary/aromatic N) is 2. The van der Waals surface area contributed by atoms with Crippen LogP contribution in [0.2, 0.25) is 5.02 Å². The van der Waals surface area contributed by atoms with E-state index in [1.54, 1.807) is 36.5 Å². The summed E-state index contributed by atoms with van der Waals surface area (Å²) in [5.41, 5.74) is 0.206. The van der Waals surface area contributed by atoms with Crippen LogP contribution in [0.15, 0.2) is 41.3 Å². The Labute approximate surface area is 132 Å². The van der Waals surface area contributed by atoms with Gasteiger partial charge in [0.25, 0.3) is 5.56 Å². The molecular formula is C15H8ClN3O2S. The molecule has 0 aliphatic carbocycles. The first-order valence-corrected chi connectivity index (χ1v) is 7.59. The summed E-state index contributed by atoms with van der Waals surface area (Å²) in [6.07, 6.45) is 1.65. The summed E-state index contributed by atoms with van der Waals surface area (Å²) in [5, 5.41) is 11.9. The quantitative estimate of drug-likeness (QED) is 0.559. The highest BCUT2D eigenvalue weighted by Crippen LogP contribution is 2.41. The number of fused-ring (bicyclic) bond motifs is 2. The second kappa shape index (κ2) is 4.79. The van der Waals surface area contributed by atoms with Gasteiger partial charge in [-0.1, -0.05) is 11.6 Å². The molecular weight excluding hydrogens is 322 g/mol. The maximum absolute atomic E-state index is 12.2. The third-order valence-corrected chi connectivity index (χ3v) is 4.67. The minimum Gasteiger partial charge on any atom is -0.506 e. The number of H-pyrrole nitrogens is 1. The van der Waals surface area contributed by atoms with Crippen molar-refractivity contribution >= 4 is 44.1 Å². The number of aromatic amines is 1. The van der Waals surface area contributed by atoms with Crippen LogP contribution in [0.4, 0.5) is 0 Å². The molecule has 7 heteroatoms. The molecule has 0 atom stereocenters. The number of hydrogen-bond donors (Lipinski definition) is 2. The van der Waals surface area contributed by atoms with Gasteiger partial charge in [-0.25, -0.2) is 9.97 Å². The Hall–Kier alpha value is -2.44. The fourth-order valence-corrected chi connectivity index (χ4v) is 3.45. The van der Waals surface area contributed by atoms with Crippen molar-refractivity contribution < 1.29 is 5.11 Å². The van der Waals surface area contributed by atoms with Crippen molar-refractivity contribution in [2.24, 2.45) is 0 Å². The van der Waals surface area contributed by atoms with Crippen LogP contribution >= 0.6 is 22.9 Å². The fraction of sp³-hybridized carbons (Fsp3) is 0. The lowest BCUT2D eigenvalue weighted by molar-refractivity contribution is 0.485. The highest BCUT2D eigenvalue weighted by Gasteiger charge is 2.16. The van der Waals surface area contributed by atoms with E-state index in [9.17, 15) is 9.90 Å². The van der Waals surface area contributed by atoms with Crippen LogP contribution in [0, 0.1) is 0 Å². The monoisotopic (exact) mass is 329 g/mol. The summed E-state index contributed by atoms with van der Waals surface area (Å²) in [6.45, 7) is 0. The van der Waals surface area contributed by atoms with E-state index in [1.165, 1.54) is 11.3 Å². The molecule has 0 unspecified atom stereocenters. The summed E-state index contributed by atoms with van der Waals surface area (Å²) < 4.78 is 0. The smallest absolute Gasteiger partial charge is 0.259 e. The second-order valence-electron chi connectivity index (χ2n) is 4.71. The van der Waals surface area contributed by atoms with Gasteiger partial charge in [0, 0.05) is 11.2 Å². The number of rotatable bonds is 1. The Balaban J connectivity index is 2.04. The van der Waals surface area contributed by atoms with Crippen molar-refractivity contribution in [3.05, 3.63) is 51.9 Å². The van der Waals surface area contributed by atoms with Crippen molar-refractivity contribution in [2.45, 2.75) is 0 Å². The Morgan fingerprint density at radius 2 is 2.09 bits per heavy atom. The van der Waals surface area contributed by atoms with Crippen LogP contribution in [0.5, 0.6) is 5.75 Å². The van der Waals surface area contributed by atoms with Gasteiger partial charge in [-0.15, -0.1) is 11.3 Å². The van der Waals surface area contributed by atoms with E-state index in [0.717, 1.165) is 0 Å². The van der Waals surface area contributed by atoms with Gasteiger partial charge in [0.2, 0.25) is 0 Å². The topological polar surface area (TPSA) is 78.9 Å². The van der Waals surface area contributed by atoms with E-state index in [1.807, 2.05) is 0 Å². The second-order valence-corrected chi connectivity index (χ2v) is 6.15. The molecule has 0 radical (unpaired) electrons. The van der Waals surface area contributed by atoms with Gasteiger partial charge in [0.15, 0.2) is 5.82 Å². The number of pyridine rings is 1. The Morgan fingerprint density at radius 3 is 2.91 bits per heavy atom. The molecule has 2 N–H and O–H groups in total.